The van der Waals surface area contributed by atoms with E-state index in [0.29, 0.717) is 17.9 Å². The minimum Gasteiger partial charge on any atom is -0.490 e. The van der Waals surface area contributed by atoms with Crippen molar-refractivity contribution in [2.45, 2.75) is 26.2 Å². The van der Waals surface area contributed by atoms with Gasteiger partial charge in [-0.2, -0.15) is 0 Å². The number of ether oxygens (including phenoxy) is 1. The zero-order valence-corrected chi connectivity index (χ0v) is 11.3. The van der Waals surface area contributed by atoms with E-state index in [-0.39, 0.29) is 0 Å². The van der Waals surface area contributed by atoms with E-state index in [2.05, 4.69) is 25.2 Å². The molecular weight excluding hydrogens is 238 g/mol. The van der Waals surface area contributed by atoms with E-state index in [4.69, 9.17) is 10.5 Å². The van der Waals surface area contributed by atoms with E-state index in [1.165, 1.54) is 0 Å². The van der Waals surface area contributed by atoms with Crippen LogP contribution in [0.4, 0.5) is 0 Å². The average Bonchev–Trinajstić information content (AvgIpc) is 2.42. The Hall–Kier alpha value is -2.03. The van der Waals surface area contributed by atoms with E-state index in [9.17, 15) is 4.79 Å². The van der Waals surface area contributed by atoms with Crippen molar-refractivity contribution in [3.05, 3.63) is 54.1 Å². The average molecular weight is 259 g/mol. The maximum atomic E-state index is 11.0. The Morgan fingerprint density at radius 1 is 1.21 bits per heavy atom. The number of carbonyl (C=O) groups is 1. The van der Waals surface area contributed by atoms with Crippen LogP contribution >= 0.6 is 0 Å². The largest absolute Gasteiger partial charge is 0.490 e. The summed E-state index contributed by atoms with van der Waals surface area (Å²) in [6.45, 7) is 2.63. The van der Waals surface area contributed by atoms with Crippen molar-refractivity contribution in [1.29, 1.82) is 0 Å². The first-order chi connectivity index (χ1) is 9.24. The van der Waals surface area contributed by atoms with Gasteiger partial charge in [0, 0.05) is 5.56 Å². The highest BCUT2D eigenvalue weighted by atomic mass is 16.5. The molecule has 2 N–H and O–H groups in total. The van der Waals surface area contributed by atoms with Crippen molar-refractivity contribution in [1.82, 2.24) is 0 Å². The van der Waals surface area contributed by atoms with Crippen LogP contribution in [0.5, 0.6) is 5.75 Å². The van der Waals surface area contributed by atoms with Gasteiger partial charge in [-0.15, -0.1) is 0 Å². The Balaban J connectivity index is 2.29. The van der Waals surface area contributed by atoms with Crippen molar-refractivity contribution in [2.75, 3.05) is 6.61 Å². The van der Waals surface area contributed by atoms with Gasteiger partial charge in [0.05, 0.1) is 0 Å². The summed E-state index contributed by atoms with van der Waals surface area (Å²) in [4.78, 5) is 11.0. The third kappa shape index (κ3) is 6.46. The van der Waals surface area contributed by atoms with Gasteiger partial charge in [0.25, 0.3) is 0 Å². The van der Waals surface area contributed by atoms with E-state index >= 15 is 0 Å². The topological polar surface area (TPSA) is 52.3 Å². The lowest BCUT2D eigenvalue weighted by Gasteiger charge is -2.03. The second-order valence-corrected chi connectivity index (χ2v) is 4.13. The van der Waals surface area contributed by atoms with Crippen molar-refractivity contribution in [3.8, 4) is 5.75 Å². The van der Waals surface area contributed by atoms with Crippen molar-refractivity contribution in [3.63, 3.8) is 0 Å². The Morgan fingerprint density at radius 2 is 1.95 bits per heavy atom. The minimum absolute atomic E-state index is 0.441. The number of hydrogen-bond donors (Lipinski definition) is 1. The number of hydrogen-bond acceptors (Lipinski definition) is 2. The fourth-order valence-corrected chi connectivity index (χ4v) is 1.55. The van der Waals surface area contributed by atoms with Crippen LogP contribution in [0.25, 0.3) is 0 Å². The van der Waals surface area contributed by atoms with Crippen LogP contribution in [-0.4, -0.2) is 12.5 Å². The molecule has 1 amide bonds. The molecule has 19 heavy (non-hydrogen) atoms. The first kappa shape index (κ1) is 15.0. The molecule has 3 heteroatoms. The van der Waals surface area contributed by atoms with Crippen molar-refractivity contribution >= 4 is 5.91 Å². The van der Waals surface area contributed by atoms with Gasteiger partial charge in [0.15, 0.2) is 0 Å². The van der Waals surface area contributed by atoms with Crippen LogP contribution in [-0.2, 0) is 0 Å². The Labute approximate surface area is 114 Å². The quantitative estimate of drug-likeness (QED) is 0.574. The predicted molar refractivity (Wildman–Crippen MR) is 78.3 cm³/mol. The van der Waals surface area contributed by atoms with Gasteiger partial charge in [-0.3, -0.25) is 4.79 Å². The highest BCUT2D eigenvalue weighted by Gasteiger charge is 2.00. The highest BCUT2D eigenvalue weighted by Crippen LogP contribution is 2.12. The van der Waals surface area contributed by atoms with E-state index in [1.807, 2.05) is 12.1 Å². The summed E-state index contributed by atoms with van der Waals surface area (Å²) in [5.41, 5.74) is 5.67. The Morgan fingerprint density at radius 3 is 2.63 bits per heavy atom. The lowest BCUT2D eigenvalue weighted by Crippen LogP contribution is -2.10. The summed E-state index contributed by atoms with van der Waals surface area (Å²) in [6.07, 6.45) is 11.6. The van der Waals surface area contributed by atoms with E-state index in [1.54, 1.807) is 18.2 Å². The van der Waals surface area contributed by atoms with Crippen LogP contribution in [0.1, 0.15) is 36.5 Å². The first-order valence-electron chi connectivity index (χ1n) is 6.56. The predicted octanol–water partition coefficient (Wildman–Crippen LogP) is 3.47. The molecule has 1 rings (SSSR count). The molecule has 0 radical (unpaired) electrons. The zero-order valence-electron chi connectivity index (χ0n) is 11.3. The molecule has 1 aromatic carbocycles. The van der Waals surface area contributed by atoms with Gasteiger partial charge < -0.3 is 10.5 Å². The molecule has 0 saturated heterocycles. The van der Waals surface area contributed by atoms with E-state index in [0.717, 1.165) is 19.3 Å². The van der Waals surface area contributed by atoms with Crippen molar-refractivity contribution < 1.29 is 9.53 Å². The molecule has 102 valence electrons. The van der Waals surface area contributed by atoms with Gasteiger partial charge in [0.1, 0.15) is 12.4 Å². The summed E-state index contributed by atoms with van der Waals surface area (Å²) in [5, 5.41) is 0. The van der Waals surface area contributed by atoms with Gasteiger partial charge in [-0.05, 0) is 37.5 Å². The molecule has 0 aliphatic carbocycles. The molecule has 1 aromatic rings. The van der Waals surface area contributed by atoms with Crippen LogP contribution < -0.4 is 10.5 Å². The van der Waals surface area contributed by atoms with Gasteiger partial charge in [-0.1, -0.05) is 37.3 Å². The van der Waals surface area contributed by atoms with Gasteiger partial charge in [-0.25, -0.2) is 0 Å². The SMILES string of the molecule is CC/C=C\CC/C=C/COc1cccc(C(N)=O)c1. The lowest BCUT2D eigenvalue weighted by molar-refractivity contribution is 0.1000. The van der Waals surface area contributed by atoms with Gasteiger partial charge in [0.2, 0.25) is 5.91 Å². The van der Waals surface area contributed by atoms with E-state index < -0.39 is 5.91 Å². The molecule has 0 aromatic heterocycles. The Bertz CT molecular complexity index is 450. The second kappa shape index (κ2) is 8.97. The third-order valence-corrected chi connectivity index (χ3v) is 2.53. The summed E-state index contributed by atoms with van der Waals surface area (Å²) >= 11 is 0. The number of carbonyl (C=O) groups excluding carboxylic acids is 1. The highest BCUT2D eigenvalue weighted by molar-refractivity contribution is 5.93. The maximum Gasteiger partial charge on any atom is 0.248 e. The van der Waals surface area contributed by atoms with Crippen LogP contribution in [0, 0.1) is 0 Å². The molecule has 0 fully saturated rings. The summed E-state index contributed by atoms with van der Waals surface area (Å²) in [7, 11) is 0. The Kier molecular flexibility index (Phi) is 7.10. The molecule has 0 unspecified atom stereocenters. The van der Waals surface area contributed by atoms with Crippen molar-refractivity contribution in [2.24, 2.45) is 5.73 Å². The molecule has 0 atom stereocenters. The number of amides is 1. The standard InChI is InChI=1S/C16H21NO2/c1-2-3-4-5-6-7-8-12-19-15-11-9-10-14(13-15)16(17)18/h3-4,7-11,13H,2,5-6,12H2,1H3,(H2,17,18)/b4-3-,8-7+. The molecule has 0 spiro atoms. The molecule has 0 aliphatic rings. The number of primary amides is 1. The maximum absolute atomic E-state index is 11.0. The monoisotopic (exact) mass is 259 g/mol. The number of allylic oxidation sites excluding steroid dienone is 3. The zero-order chi connectivity index (χ0) is 13.9. The minimum atomic E-state index is -0.441. The van der Waals surface area contributed by atoms with Gasteiger partial charge >= 0.3 is 0 Å². The third-order valence-electron chi connectivity index (χ3n) is 2.53. The smallest absolute Gasteiger partial charge is 0.248 e. The molecular formula is C16H21NO2. The number of rotatable bonds is 8. The molecule has 0 heterocycles. The number of nitrogens with two attached hydrogens (primary N) is 1. The normalized spacial score (nSPS) is 11.2. The summed E-state index contributed by atoms with van der Waals surface area (Å²) in [6, 6.07) is 6.89. The molecule has 0 aliphatic heterocycles. The molecule has 0 saturated carbocycles. The van der Waals surface area contributed by atoms with Crippen LogP contribution in [0.2, 0.25) is 0 Å². The molecule has 3 nitrogen and oxygen atoms in total. The molecule has 0 bridgehead atoms. The lowest BCUT2D eigenvalue weighted by atomic mass is 10.2. The summed E-state index contributed by atoms with van der Waals surface area (Å²) in [5.74, 6) is 0.218. The fourth-order valence-electron chi connectivity index (χ4n) is 1.55. The van der Waals surface area contributed by atoms with Crippen LogP contribution in [0.3, 0.4) is 0 Å². The summed E-state index contributed by atoms with van der Waals surface area (Å²) < 4.78 is 5.51. The number of benzene rings is 1. The second-order valence-electron chi connectivity index (χ2n) is 4.13. The first-order valence-corrected chi connectivity index (χ1v) is 6.56. The fraction of sp³-hybridized carbons (Fsp3) is 0.312. The van der Waals surface area contributed by atoms with Crippen LogP contribution in [0.15, 0.2) is 48.6 Å². The number of unbranched alkanes of at least 4 members (excludes halogenated alkanes) is 1.